The maximum absolute atomic E-state index is 9.81. The summed E-state index contributed by atoms with van der Waals surface area (Å²) in [4.78, 5) is 4.39. The predicted molar refractivity (Wildman–Crippen MR) is 105 cm³/mol. The summed E-state index contributed by atoms with van der Waals surface area (Å²) >= 11 is 0. The third-order valence-electron chi connectivity index (χ3n) is 4.17. The van der Waals surface area contributed by atoms with E-state index in [2.05, 4.69) is 11.1 Å². The second-order valence-electron chi connectivity index (χ2n) is 6.04. The average Bonchev–Trinajstić information content (AvgIpc) is 3.30. The molecule has 0 amide bonds. The van der Waals surface area contributed by atoms with E-state index < -0.39 is 0 Å². The van der Waals surface area contributed by atoms with Crippen LogP contribution in [-0.2, 0) is 0 Å². The molecule has 0 aliphatic rings. The van der Waals surface area contributed by atoms with E-state index in [-0.39, 0.29) is 5.88 Å². The molecule has 4 rings (SSSR count). The largest absolute Gasteiger partial charge is 0.460 e. The minimum atomic E-state index is 0.268. The van der Waals surface area contributed by atoms with Crippen molar-refractivity contribution >= 4 is 12.1 Å². The van der Waals surface area contributed by atoms with Gasteiger partial charge in [0.15, 0.2) is 0 Å². The Labute approximate surface area is 157 Å². The van der Waals surface area contributed by atoms with Gasteiger partial charge < -0.3 is 8.83 Å². The van der Waals surface area contributed by atoms with Gasteiger partial charge in [0.1, 0.15) is 28.9 Å². The van der Waals surface area contributed by atoms with E-state index in [1.165, 1.54) is 0 Å². The molecule has 0 fully saturated rings. The van der Waals surface area contributed by atoms with Crippen LogP contribution in [0, 0.1) is 18.3 Å². The van der Waals surface area contributed by atoms with Gasteiger partial charge in [-0.25, -0.2) is 4.99 Å². The molecular weight excluding hydrogens is 336 g/mol. The molecule has 27 heavy (non-hydrogen) atoms. The normalized spacial score (nSPS) is 11.0. The lowest BCUT2D eigenvalue weighted by atomic mass is 9.98. The monoisotopic (exact) mass is 352 g/mol. The summed E-state index contributed by atoms with van der Waals surface area (Å²) in [6, 6.07) is 25.4. The molecule has 0 aliphatic carbocycles. The second-order valence-corrected chi connectivity index (χ2v) is 6.04. The van der Waals surface area contributed by atoms with E-state index in [1.807, 2.05) is 79.7 Å². The van der Waals surface area contributed by atoms with Gasteiger partial charge in [-0.15, -0.1) is 0 Å². The van der Waals surface area contributed by atoms with Gasteiger partial charge in [-0.1, -0.05) is 60.7 Å². The highest BCUT2D eigenvalue weighted by molar-refractivity contribution is 5.89. The smallest absolute Gasteiger partial charge is 0.238 e. The van der Waals surface area contributed by atoms with Gasteiger partial charge in [-0.2, -0.15) is 5.26 Å². The Morgan fingerprint density at radius 3 is 2.11 bits per heavy atom. The molecule has 0 radical (unpaired) electrons. The lowest BCUT2D eigenvalue weighted by Gasteiger charge is -2.03. The number of aryl methyl sites for hydroxylation is 1. The van der Waals surface area contributed by atoms with Crippen molar-refractivity contribution in [3.63, 3.8) is 0 Å². The zero-order valence-electron chi connectivity index (χ0n) is 14.7. The van der Waals surface area contributed by atoms with Crippen LogP contribution >= 0.6 is 0 Å². The molecule has 0 N–H and O–H groups in total. The number of hydrogen-bond acceptors (Lipinski definition) is 4. The summed E-state index contributed by atoms with van der Waals surface area (Å²) in [5.41, 5.74) is 2.95. The van der Waals surface area contributed by atoms with E-state index in [0.29, 0.717) is 17.1 Å². The summed E-state index contributed by atoms with van der Waals surface area (Å²) in [5.74, 6) is 2.30. The Bertz CT molecular complexity index is 1130. The Hall–Kier alpha value is -3.84. The third kappa shape index (κ3) is 3.31. The number of rotatable bonds is 4. The first-order valence-electron chi connectivity index (χ1n) is 8.54. The number of aliphatic imine (C=N–C) groups is 1. The van der Waals surface area contributed by atoms with Crippen molar-refractivity contribution in [3.05, 3.63) is 89.9 Å². The van der Waals surface area contributed by atoms with E-state index >= 15 is 0 Å². The van der Waals surface area contributed by atoms with Gasteiger partial charge in [0, 0.05) is 11.1 Å². The van der Waals surface area contributed by atoms with Crippen LogP contribution in [0.1, 0.15) is 17.1 Å². The summed E-state index contributed by atoms with van der Waals surface area (Å²) < 4.78 is 11.6. The molecule has 0 saturated carbocycles. The summed E-state index contributed by atoms with van der Waals surface area (Å²) in [6.07, 6.45) is 1.57. The predicted octanol–water partition coefficient (Wildman–Crippen LogP) is 6.14. The van der Waals surface area contributed by atoms with Crippen molar-refractivity contribution in [1.82, 2.24) is 0 Å². The minimum Gasteiger partial charge on any atom is -0.460 e. The fourth-order valence-corrected chi connectivity index (χ4v) is 2.93. The molecule has 4 heteroatoms. The molecule has 0 aliphatic heterocycles. The first kappa shape index (κ1) is 16.6. The van der Waals surface area contributed by atoms with Crippen molar-refractivity contribution in [1.29, 1.82) is 5.26 Å². The van der Waals surface area contributed by atoms with E-state index in [1.54, 1.807) is 6.21 Å². The van der Waals surface area contributed by atoms with Crippen LogP contribution in [0.2, 0.25) is 0 Å². The molecule has 2 aromatic carbocycles. The SMILES string of the molecule is Cc1ccc(C=Nc2oc(-c3ccccc3)c(-c3ccccc3)c2C#N)o1. The fourth-order valence-electron chi connectivity index (χ4n) is 2.93. The second kappa shape index (κ2) is 7.19. The lowest BCUT2D eigenvalue weighted by molar-refractivity contribution is 0.527. The van der Waals surface area contributed by atoms with Crippen LogP contribution < -0.4 is 0 Å². The first-order valence-corrected chi connectivity index (χ1v) is 8.54. The molecule has 4 nitrogen and oxygen atoms in total. The van der Waals surface area contributed by atoms with Crippen molar-refractivity contribution < 1.29 is 8.83 Å². The Morgan fingerprint density at radius 1 is 0.852 bits per heavy atom. The van der Waals surface area contributed by atoms with Crippen molar-refractivity contribution in [2.45, 2.75) is 6.92 Å². The topological polar surface area (TPSA) is 62.4 Å². The number of nitriles is 1. The van der Waals surface area contributed by atoms with Crippen LogP contribution in [0.3, 0.4) is 0 Å². The molecule has 2 aromatic heterocycles. The van der Waals surface area contributed by atoms with Crippen molar-refractivity contribution in [3.8, 4) is 28.5 Å². The molecule has 0 bridgehead atoms. The Morgan fingerprint density at radius 2 is 1.52 bits per heavy atom. The highest BCUT2D eigenvalue weighted by atomic mass is 16.4. The standard InChI is InChI=1S/C23H16N2O2/c1-16-12-13-19(26-16)15-25-23-20(14-24)21(17-8-4-2-5-9-17)22(27-23)18-10-6-3-7-11-18/h2-13,15H,1H3. The van der Waals surface area contributed by atoms with Gasteiger partial charge in [0.05, 0.1) is 6.21 Å². The zero-order chi connectivity index (χ0) is 18.6. The quantitative estimate of drug-likeness (QED) is 0.415. The molecule has 0 saturated heterocycles. The van der Waals surface area contributed by atoms with Crippen LogP contribution in [0.4, 0.5) is 5.88 Å². The maximum atomic E-state index is 9.81. The van der Waals surface area contributed by atoms with Crippen molar-refractivity contribution in [2.75, 3.05) is 0 Å². The lowest BCUT2D eigenvalue weighted by Crippen LogP contribution is -1.83. The molecule has 4 aromatic rings. The van der Waals surface area contributed by atoms with E-state index in [9.17, 15) is 5.26 Å². The Balaban J connectivity index is 1.89. The van der Waals surface area contributed by atoms with Crippen LogP contribution in [0.25, 0.3) is 22.5 Å². The van der Waals surface area contributed by atoms with Crippen LogP contribution in [0.5, 0.6) is 0 Å². The average molecular weight is 352 g/mol. The zero-order valence-corrected chi connectivity index (χ0v) is 14.7. The number of furan rings is 2. The molecule has 0 atom stereocenters. The number of benzene rings is 2. The van der Waals surface area contributed by atoms with Crippen molar-refractivity contribution in [2.24, 2.45) is 4.99 Å². The minimum absolute atomic E-state index is 0.268. The van der Waals surface area contributed by atoms with E-state index in [0.717, 1.165) is 22.5 Å². The van der Waals surface area contributed by atoms with Crippen LogP contribution in [0.15, 0.2) is 86.6 Å². The number of hydrogen-bond donors (Lipinski definition) is 0. The molecule has 130 valence electrons. The summed E-state index contributed by atoms with van der Waals surface area (Å²) in [5, 5.41) is 9.81. The Kier molecular flexibility index (Phi) is 4.42. The van der Waals surface area contributed by atoms with E-state index in [4.69, 9.17) is 8.83 Å². The molecule has 2 heterocycles. The summed E-state index contributed by atoms with van der Waals surface area (Å²) in [7, 11) is 0. The third-order valence-corrected chi connectivity index (χ3v) is 4.17. The first-order chi connectivity index (χ1) is 13.3. The van der Waals surface area contributed by atoms with Gasteiger partial charge in [-0.05, 0) is 24.6 Å². The highest BCUT2D eigenvalue weighted by Gasteiger charge is 2.22. The highest BCUT2D eigenvalue weighted by Crippen LogP contribution is 2.42. The van der Waals surface area contributed by atoms with Gasteiger partial charge in [-0.3, -0.25) is 0 Å². The number of nitrogens with zero attached hydrogens (tertiary/aromatic N) is 2. The van der Waals surface area contributed by atoms with Gasteiger partial charge in [0.2, 0.25) is 5.88 Å². The van der Waals surface area contributed by atoms with Gasteiger partial charge in [0.25, 0.3) is 0 Å². The molecule has 0 spiro atoms. The summed E-state index contributed by atoms with van der Waals surface area (Å²) in [6.45, 7) is 1.87. The molecule has 0 unspecified atom stereocenters. The molecular formula is C23H16N2O2. The van der Waals surface area contributed by atoms with Crippen LogP contribution in [-0.4, -0.2) is 6.21 Å². The van der Waals surface area contributed by atoms with Gasteiger partial charge >= 0.3 is 0 Å². The maximum Gasteiger partial charge on any atom is 0.238 e. The fraction of sp³-hybridized carbons (Fsp3) is 0.0435.